The number of hydrogen-bond donors (Lipinski definition) is 2. The summed E-state index contributed by atoms with van der Waals surface area (Å²) < 4.78 is 33.6. The van der Waals surface area contributed by atoms with Crippen LogP contribution >= 0.6 is 0 Å². The number of benzene rings is 1. The fourth-order valence-corrected chi connectivity index (χ4v) is 4.29. The van der Waals surface area contributed by atoms with Crippen LogP contribution in [-0.4, -0.2) is 41.1 Å². The molecule has 0 spiro atoms. The van der Waals surface area contributed by atoms with E-state index < -0.39 is 18.3 Å². The lowest BCUT2D eigenvalue weighted by molar-refractivity contribution is 0.263. The van der Waals surface area contributed by atoms with Gasteiger partial charge in [-0.1, -0.05) is 50.6 Å². The first-order chi connectivity index (χ1) is 12.3. The van der Waals surface area contributed by atoms with Gasteiger partial charge >= 0.3 is 0 Å². The van der Waals surface area contributed by atoms with E-state index >= 15 is 0 Å². The van der Waals surface area contributed by atoms with Crippen molar-refractivity contribution in [1.29, 1.82) is 0 Å². The fraction of sp³-hybridized carbons (Fsp3) is 0.500. The Bertz CT molecular complexity index is 762. The van der Waals surface area contributed by atoms with Gasteiger partial charge in [-0.05, 0) is 42.8 Å². The second kappa shape index (κ2) is 9.30. The van der Waals surface area contributed by atoms with Crippen LogP contribution in [0.4, 0.5) is 0 Å². The van der Waals surface area contributed by atoms with Crippen LogP contribution < -0.4 is 4.72 Å². The topological polar surface area (TPSA) is 75.6 Å². The zero-order chi connectivity index (χ0) is 20.9. The third-order valence-electron chi connectivity index (χ3n) is 4.89. The molecule has 0 aliphatic heterocycles. The van der Waals surface area contributed by atoms with Gasteiger partial charge in [0.05, 0.1) is 17.6 Å². The van der Waals surface area contributed by atoms with Crippen molar-refractivity contribution < 1.29 is 18.0 Å². The maximum Gasteiger partial charge on any atom is 0.240 e. The summed E-state index contributed by atoms with van der Waals surface area (Å²) in [4.78, 5) is 0.197. The summed E-state index contributed by atoms with van der Waals surface area (Å²) in [6.45, 7) is 16.2. The number of sulfonamides is 1. The highest BCUT2D eigenvalue weighted by Crippen LogP contribution is 2.37. The second-order valence-corrected chi connectivity index (χ2v) is 14.7. The largest absolute Gasteiger partial charge is 0.407 e. The van der Waals surface area contributed by atoms with E-state index in [-0.39, 0.29) is 29.2 Å². The van der Waals surface area contributed by atoms with Crippen LogP contribution in [0.3, 0.4) is 0 Å². The Kier molecular flexibility index (Phi) is 8.19. The van der Waals surface area contributed by atoms with Gasteiger partial charge in [0, 0.05) is 6.54 Å². The SMILES string of the molecule is C=C[C@@H](/C=C(\CO)CNS(=O)(=O)c1ccc(C)cc1)O[Si](C)(C)C(C)(C)C. The smallest absolute Gasteiger partial charge is 0.240 e. The lowest BCUT2D eigenvalue weighted by atomic mass is 10.2. The predicted octanol–water partition coefficient (Wildman–Crippen LogP) is 3.77. The molecule has 27 heavy (non-hydrogen) atoms. The second-order valence-electron chi connectivity index (χ2n) is 8.20. The minimum Gasteiger partial charge on any atom is -0.407 e. The molecule has 7 heteroatoms. The quantitative estimate of drug-likeness (QED) is 0.479. The molecule has 152 valence electrons. The fourth-order valence-electron chi connectivity index (χ4n) is 2.06. The van der Waals surface area contributed by atoms with E-state index in [0.29, 0.717) is 5.57 Å². The third-order valence-corrected chi connectivity index (χ3v) is 10.8. The number of aliphatic hydroxyl groups is 1. The van der Waals surface area contributed by atoms with E-state index in [9.17, 15) is 13.5 Å². The molecule has 0 amide bonds. The maximum atomic E-state index is 12.4. The van der Waals surface area contributed by atoms with Gasteiger partial charge in [0.25, 0.3) is 0 Å². The van der Waals surface area contributed by atoms with Gasteiger partial charge in [-0.2, -0.15) is 0 Å². The molecule has 0 bridgehead atoms. The molecule has 2 N–H and O–H groups in total. The van der Waals surface area contributed by atoms with Gasteiger partial charge in [-0.3, -0.25) is 0 Å². The van der Waals surface area contributed by atoms with E-state index in [1.165, 1.54) is 0 Å². The first-order valence-corrected chi connectivity index (χ1v) is 13.4. The number of nitrogens with one attached hydrogen (secondary N) is 1. The minimum absolute atomic E-state index is 0.0118. The summed E-state index contributed by atoms with van der Waals surface area (Å²) in [5.41, 5.74) is 1.52. The standard InChI is InChI=1S/C20H33NO4SSi/c1-8-18(25-27(6,7)20(3,4)5)13-17(15-22)14-21-26(23,24)19-11-9-16(2)10-12-19/h8-13,18,21-22H,1,14-15H2,2-7H3/b17-13-/t18-/m0/s1. The Balaban J connectivity index is 2.89. The number of aliphatic hydroxyl groups excluding tert-OH is 1. The Labute approximate surface area is 165 Å². The summed E-state index contributed by atoms with van der Waals surface area (Å²) >= 11 is 0. The molecule has 1 rings (SSSR count). The highest BCUT2D eigenvalue weighted by Gasteiger charge is 2.38. The molecule has 0 aliphatic rings. The number of hydrogen-bond acceptors (Lipinski definition) is 4. The van der Waals surface area contributed by atoms with Crippen molar-refractivity contribution in [1.82, 2.24) is 4.72 Å². The average molecular weight is 412 g/mol. The zero-order valence-corrected chi connectivity index (χ0v) is 19.1. The first kappa shape index (κ1) is 23.8. The summed E-state index contributed by atoms with van der Waals surface area (Å²) in [5, 5.41) is 9.69. The van der Waals surface area contributed by atoms with Crippen LogP contribution in [0.2, 0.25) is 18.1 Å². The van der Waals surface area contributed by atoms with E-state index in [4.69, 9.17) is 4.43 Å². The zero-order valence-electron chi connectivity index (χ0n) is 17.2. The highest BCUT2D eigenvalue weighted by atomic mass is 32.2. The Morgan fingerprint density at radius 1 is 1.30 bits per heavy atom. The average Bonchev–Trinajstić information content (AvgIpc) is 2.56. The summed E-state index contributed by atoms with van der Waals surface area (Å²) in [6, 6.07) is 6.62. The van der Waals surface area contributed by atoms with E-state index in [1.807, 2.05) is 6.92 Å². The van der Waals surface area contributed by atoms with Gasteiger partial charge in [0.15, 0.2) is 8.32 Å². The maximum absolute atomic E-state index is 12.4. The number of rotatable bonds is 9. The number of aryl methyl sites for hydroxylation is 1. The van der Waals surface area contributed by atoms with Crippen LogP contribution in [0, 0.1) is 6.92 Å². The van der Waals surface area contributed by atoms with Crippen molar-refractivity contribution in [3.8, 4) is 0 Å². The predicted molar refractivity (Wildman–Crippen MR) is 114 cm³/mol. The molecule has 0 saturated heterocycles. The van der Waals surface area contributed by atoms with Gasteiger partial charge < -0.3 is 9.53 Å². The lowest BCUT2D eigenvalue weighted by Gasteiger charge is -2.38. The highest BCUT2D eigenvalue weighted by molar-refractivity contribution is 7.89. The Morgan fingerprint density at radius 3 is 2.30 bits per heavy atom. The van der Waals surface area contributed by atoms with E-state index in [2.05, 4.69) is 45.2 Å². The molecule has 1 aromatic rings. The van der Waals surface area contributed by atoms with Crippen LogP contribution in [0.25, 0.3) is 0 Å². The van der Waals surface area contributed by atoms with Crippen LogP contribution in [0.5, 0.6) is 0 Å². The first-order valence-electron chi connectivity index (χ1n) is 8.99. The molecule has 0 unspecified atom stereocenters. The monoisotopic (exact) mass is 411 g/mol. The van der Waals surface area contributed by atoms with Crippen molar-refractivity contribution in [2.24, 2.45) is 0 Å². The van der Waals surface area contributed by atoms with Gasteiger partial charge in [-0.25, -0.2) is 13.1 Å². The Hall–Kier alpha value is -1.25. The normalized spacial score (nSPS) is 14.9. The van der Waals surface area contributed by atoms with E-state index in [0.717, 1.165) is 5.56 Å². The summed E-state index contributed by atoms with van der Waals surface area (Å²) in [7, 11) is -5.67. The molecule has 1 aromatic carbocycles. The van der Waals surface area contributed by atoms with Crippen molar-refractivity contribution in [3.05, 3.63) is 54.1 Å². The molecule has 0 aliphatic carbocycles. The van der Waals surface area contributed by atoms with Gasteiger partial charge in [0.2, 0.25) is 10.0 Å². The van der Waals surface area contributed by atoms with Crippen molar-refractivity contribution >= 4 is 18.3 Å². The van der Waals surface area contributed by atoms with Crippen LogP contribution in [0.1, 0.15) is 26.3 Å². The molecule has 0 heterocycles. The third kappa shape index (κ3) is 7.01. The molecule has 0 saturated carbocycles. The molecule has 0 fully saturated rings. The van der Waals surface area contributed by atoms with E-state index in [1.54, 1.807) is 36.4 Å². The summed E-state index contributed by atoms with van der Waals surface area (Å²) in [5.74, 6) is 0. The molecule has 1 atom stereocenters. The lowest BCUT2D eigenvalue weighted by Crippen LogP contribution is -2.43. The summed E-state index contributed by atoms with van der Waals surface area (Å²) in [6.07, 6.45) is 3.03. The molecule has 0 aromatic heterocycles. The van der Waals surface area contributed by atoms with Crippen molar-refractivity contribution in [2.75, 3.05) is 13.2 Å². The van der Waals surface area contributed by atoms with Gasteiger partial charge in [0.1, 0.15) is 0 Å². The van der Waals surface area contributed by atoms with Crippen LogP contribution in [-0.2, 0) is 14.4 Å². The minimum atomic E-state index is -3.64. The molecular weight excluding hydrogens is 378 g/mol. The van der Waals surface area contributed by atoms with Crippen LogP contribution in [0.15, 0.2) is 53.5 Å². The van der Waals surface area contributed by atoms with Gasteiger partial charge in [-0.15, -0.1) is 6.58 Å². The Morgan fingerprint density at radius 2 is 1.85 bits per heavy atom. The molecule has 5 nitrogen and oxygen atoms in total. The van der Waals surface area contributed by atoms with Crippen molar-refractivity contribution in [3.63, 3.8) is 0 Å². The molecular formula is C20H33NO4SSi. The molecule has 0 radical (unpaired) electrons. The van der Waals surface area contributed by atoms with Crippen molar-refractivity contribution in [2.45, 2.75) is 56.8 Å².